The van der Waals surface area contributed by atoms with Crippen molar-refractivity contribution in [1.29, 1.82) is 0 Å². The molecule has 1 aromatic carbocycles. The molecule has 0 aliphatic rings. The number of carbonyl (C=O) groups excluding carboxylic acids is 1. The lowest BCUT2D eigenvalue weighted by atomic mass is 10.1. The van der Waals surface area contributed by atoms with E-state index in [-0.39, 0.29) is 17.4 Å². The van der Waals surface area contributed by atoms with E-state index in [1.54, 1.807) is 20.1 Å². The van der Waals surface area contributed by atoms with Crippen LogP contribution in [0.2, 0.25) is 0 Å². The molecule has 0 aliphatic heterocycles. The van der Waals surface area contributed by atoms with Gasteiger partial charge in [0.15, 0.2) is 0 Å². The molecule has 3 N–H and O–H groups in total. The number of hydrogen-bond donors (Lipinski definition) is 2. The summed E-state index contributed by atoms with van der Waals surface area (Å²) in [5, 5.41) is 2.37. The number of benzene rings is 1. The van der Waals surface area contributed by atoms with Crippen LogP contribution in [0.3, 0.4) is 0 Å². The Morgan fingerprint density at radius 3 is 2.72 bits per heavy atom. The summed E-state index contributed by atoms with van der Waals surface area (Å²) in [6.07, 6.45) is 1.56. The predicted molar refractivity (Wildman–Crippen MR) is 71.4 cm³/mol. The van der Waals surface area contributed by atoms with E-state index in [0.29, 0.717) is 11.3 Å². The Labute approximate surface area is 108 Å². The van der Waals surface area contributed by atoms with Gasteiger partial charge >= 0.3 is 0 Å². The number of hydrogen-bond acceptors (Lipinski definition) is 3. The molecule has 6 heteroatoms. The van der Waals surface area contributed by atoms with Crippen molar-refractivity contribution in [1.82, 2.24) is 5.32 Å². The fourth-order valence-electron chi connectivity index (χ4n) is 1.41. The number of aryl methyl sites for hydroxylation is 1. The standard InChI is InChI=1S/C12H17FN2O2S/c1-7-4-9(14)5-10(11(7)13)12(16)15-6-8(2)18(3)17/h4-5,8H,6,14H2,1-3H3,(H,15,16). The van der Waals surface area contributed by atoms with E-state index in [4.69, 9.17) is 5.73 Å². The van der Waals surface area contributed by atoms with Crippen LogP contribution in [0.1, 0.15) is 22.8 Å². The molecular formula is C12H17FN2O2S. The molecule has 0 aliphatic carbocycles. The van der Waals surface area contributed by atoms with Crippen molar-refractivity contribution < 1.29 is 13.4 Å². The third-order valence-electron chi connectivity index (χ3n) is 2.64. The van der Waals surface area contributed by atoms with Crippen LogP contribution in [0.4, 0.5) is 10.1 Å². The highest BCUT2D eigenvalue weighted by molar-refractivity contribution is 7.84. The van der Waals surface area contributed by atoms with Crippen molar-refractivity contribution in [3.8, 4) is 0 Å². The van der Waals surface area contributed by atoms with Crippen molar-refractivity contribution in [2.24, 2.45) is 0 Å². The Balaban J connectivity index is 2.82. The first-order valence-electron chi connectivity index (χ1n) is 5.49. The van der Waals surface area contributed by atoms with E-state index in [9.17, 15) is 13.4 Å². The molecule has 0 fully saturated rings. The molecule has 0 heterocycles. The molecule has 1 rings (SSSR count). The smallest absolute Gasteiger partial charge is 0.254 e. The van der Waals surface area contributed by atoms with Gasteiger partial charge in [-0.15, -0.1) is 0 Å². The van der Waals surface area contributed by atoms with E-state index in [0.717, 1.165) is 0 Å². The van der Waals surface area contributed by atoms with Crippen molar-refractivity contribution in [3.05, 3.63) is 29.1 Å². The summed E-state index contributed by atoms with van der Waals surface area (Å²) in [5.74, 6) is -1.12. The van der Waals surface area contributed by atoms with Crippen LogP contribution in [0.15, 0.2) is 12.1 Å². The summed E-state index contributed by atoms with van der Waals surface area (Å²) in [4.78, 5) is 11.8. The van der Waals surface area contributed by atoms with Gasteiger partial charge in [-0.25, -0.2) is 4.39 Å². The highest BCUT2D eigenvalue weighted by Gasteiger charge is 2.16. The van der Waals surface area contributed by atoms with Gasteiger partial charge in [-0.1, -0.05) is 0 Å². The Bertz CT molecular complexity index is 491. The Morgan fingerprint density at radius 2 is 2.17 bits per heavy atom. The van der Waals surface area contributed by atoms with Gasteiger partial charge in [0.05, 0.1) is 5.56 Å². The number of nitrogen functional groups attached to an aromatic ring is 1. The van der Waals surface area contributed by atoms with Gasteiger partial charge in [-0.05, 0) is 31.5 Å². The summed E-state index contributed by atoms with van der Waals surface area (Å²) in [6, 6.07) is 2.76. The average molecular weight is 272 g/mol. The topological polar surface area (TPSA) is 72.2 Å². The zero-order valence-corrected chi connectivity index (χ0v) is 11.4. The Hall–Kier alpha value is -1.43. The summed E-state index contributed by atoms with van der Waals surface area (Å²) >= 11 is 0. The summed E-state index contributed by atoms with van der Waals surface area (Å²) in [5.41, 5.74) is 6.16. The monoisotopic (exact) mass is 272 g/mol. The van der Waals surface area contributed by atoms with Crippen LogP contribution in [0.25, 0.3) is 0 Å². The first-order chi connectivity index (χ1) is 8.32. The fraction of sp³-hybridized carbons (Fsp3) is 0.417. The number of anilines is 1. The zero-order chi connectivity index (χ0) is 13.9. The van der Waals surface area contributed by atoms with Gasteiger partial charge in [-0.2, -0.15) is 0 Å². The summed E-state index contributed by atoms with van der Waals surface area (Å²) < 4.78 is 24.9. The van der Waals surface area contributed by atoms with E-state index in [1.165, 1.54) is 12.1 Å². The van der Waals surface area contributed by atoms with E-state index >= 15 is 0 Å². The molecule has 1 aromatic rings. The molecule has 0 radical (unpaired) electrons. The third-order valence-corrected chi connectivity index (χ3v) is 3.94. The molecule has 0 bridgehead atoms. The second kappa shape index (κ2) is 5.95. The maximum Gasteiger partial charge on any atom is 0.254 e. The Morgan fingerprint density at radius 1 is 1.56 bits per heavy atom. The van der Waals surface area contributed by atoms with Crippen molar-refractivity contribution in [2.45, 2.75) is 19.1 Å². The van der Waals surface area contributed by atoms with Gasteiger partial charge in [0.25, 0.3) is 5.91 Å². The molecule has 100 valence electrons. The third kappa shape index (κ3) is 3.53. The maximum atomic E-state index is 13.7. The van der Waals surface area contributed by atoms with Gasteiger partial charge in [0.1, 0.15) is 5.82 Å². The normalized spacial score (nSPS) is 14.0. The average Bonchev–Trinajstić information content (AvgIpc) is 2.29. The van der Waals surface area contributed by atoms with Crippen molar-refractivity contribution in [2.75, 3.05) is 18.5 Å². The number of rotatable bonds is 4. The predicted octanol–water partition coefficient (Wildman–Crippen LogP) is 1.21. The first-order valence-corrected chi connectivity index (χ1v) is 7.11. The van der Waals surface area contributed by atoms with Gasteiger partial charge in [-0.3, -0.25) is 9.00 Å². The van der Waals surface area contributed by atoms with Crippen LogP contribution in [-0.2, 0) is 10.8 Å². The summed E-state index contributed by atoms with van der Waals surface area (Å²) in [7, 11) is -1.03. The number of nitrogens with two attached hydrogens (primary N) is 1. The second-order valence-electron chi connectivity index (χ2n) is 4.22. The molecule has 0 spiro atoms. The minimum Gasteiger partial charge on any atom is -0.399 e. The van der Waals surface area contributed by atoms with E-state index in [1.807, 2.05) is 0 Å². The van der Waals surface area contributed by atoms with E-state index in [2.05, 4.69) is 5.32 Å². The van der Waals surface area contributed by atoms with Gasteiger partial charge in [0.2, 0.25) is 0 Å². The molecular weight excluding hydrogens is 255 g/mol. The van der Waals surface area contributed by atoms with Crippen molar-refractivity contribution >= 4 is 22.4 Å². The van der Waals surface area contributed by atoms with Crippen LogP contribution in [-0.4, -0.2) is 28.2 Å². The molecule has 0 aromatic heterocycles. The number of nitrogens with one attached hydrogen (secondary N) is 1. The molecule has 0 saturated heterocycles. The molecule has 2 atom stereocenters. The highest BCUT2D eigenvalue weighted by Crippen LogP contribution is 2.16. The highest BCUT2D eigenvalue weighted by atomic mass is 32.2. The first kappa shape index (κ1) is 14.6. The molecule has 1 amide bonds. The lowest BCUT2D eigenvalue weighted by Gasteiger charge is -2.11. The molecule has 0 saturated carbocycles. The minimum atomic E-state index is -1.03. The fourth-order valence-corrected chi connectivity index (χ4v) is 1.73. The largest absolute Gasteiger partial charge is 0.399 e. The lowest BCUT2D eigenvalue weighted by molar-refractivity contribution is 0.0950. The van der Waals surface area contributed by atoms with Crippen LogP contribution in [0.5, 0.6) is 0 Å². The molecule has 2 unspecified atom stereocenters. The Kier molecular flexibility index (Phi) is 4.84. The summed E-state index contributed by atoms with van der Waals surface area (Å²) in [6.45, 7) is 3.53. The number of amides is 1. The van der Waals surface area contributed by atoms with Crippen molar-refractivity contribution in [3.63, 3.8) is 0 Å². The quantitative estimate of drug-likeness (QED) is 0.809. The molecule has 4 nitrogen and oxygen atoms in total. The van der Waals surface area contributed by atoms with Crippen LogP contribution in [0, 0.1) is 12.7 Å². The molecule has 18 heavy (non-hydrogen) atoms. The zero-order valence-electron chi connectivity index (χ0n) is 10.6. The second-order valence-corrected chi connectivity index (χ2v) is 6.02. The van der Waals surface area contributed by atoms with E-state index < -0.39 is 22.5 Å². The minimum absolute atomic E-state index is 0.0819. The SMILES string of the molecule is Cc1cc(N)cc(C(=O)NCC(C)S(C)=O)c1F. The number of carbonyl (C=O) groups is 1. The number of halogens is 1. The van der Waals surface area contributed by atoms with Crippen LogP contribution >= 0.6 is 0 Å². The maximum absolute atomic E-state index is 13.7. The van der Waals surface area contributed by atoms with Crippen LogP contribution < -0.4 is 11.1 Å². The lowest BCUT2D eigenvalue weighted by Crippen LogP contribution is -2.33. The van der Waals surface area contributed by atoms with Gasteiger partial charge < -0.3 is 11.1 Å². The van der Waals surface area contributed by atoms with Gasteiger partial charge in [0, 0.05) is 34.5 Å².